The lowest BCUT2D eigenvalue weighted by molar-refractivity contribution is -0.132. The van der Waals surface area contributed by atoms with E-state index in [-0.39, 0.29) is 25.0 Å². The van der Waals surface area contributed by atoms with Crippen molar-refractivity contribution in [2.75, 3.05) is 20.3 Å². The van der Waals surface area contributed by atoms with Crippen molar-refractivity contribution in [2.45, 2.75) is 38.5 Å². The van der Waals surface area contributed by atoms with Crippen molar-refractivity contribution in [1.82, 2.24) is 23.6 Å². The maximum atomic E-state index is 13.6. The van der Waals surface area contributed by atoms with Crippen molar-refractivity contribution in [3.8, 4) is 0 Å². The van der Waals surface area contributed by atoms with Crippen molar-refractivity contribution in [3.05, 3.63) is 85.5 Å². The first-order valence-electron chi connectivity index (χ1n) is 11.6. The van der Waals surface area contributed by atoms with E-state index < -0.39 is 11.2 Å². The minimum absolute atomic E-state index is 0.0132. The molecule has 0 spiro atoms. The standard InChI is InChI=1S/C25H27N5O4S/c1-34-13-12-27-17-26-23-22(27)24(32)30(25(33)29(23)15-18-7-3-2-4-8-18)16-21(31)28-11-5-9-19(28)20-10-6-14-35-20/h2-4,6-8,10,14,17,19H,5,9,11-13,15-16H2,1H3. The number of thiophene rings is 1. The number of benzene rings is 1. The van der Waals surface area contributed by atoms with Gasteiger partial charge in [0.15, 0.2) is 11.2 Å². The molecule has 0 saturated carbocycles. The summed E-state index contributed by atoms with van der Waals surface area (Å²) in [5.41, 5.74) is 0.450. The van der Waals surface area contributed by atoms with Crippen LogP contribution in [0, 0.1) is 0 Å². The molecule has 1 unspecified atom stereocenters. The van der Waals surface area contributed by atoms with Crippen LogP contribution >= 0.6 is 11.3 Å². The molecule has 9 nitrogen and oxygen atoms in total. The minimum atomic E-state index is -0.538. The average Bonchev–Trinajstić information content (AvgIpc) is 3.64. The van der Waals surface area contributed by atoms with Gasteiger partial charge < -0.3 is 14.2 Å². The van der Waals surface area contributed by atoms with Gasteiger partial charge in [0.05, 0.1) is 25.5 Å². The molecule has 10 heteroatoms. The van der Waals surface area contributed by atoms with Crippen LogP contribution in [0.3, 0.4) is 0 Å². The van der Waals surface area contributed by atoms with E-state index in [0.717, 1.165) is 27.8 Å². The summed E-state index contributed by atoms with van der Waals surface area (Å²) in [6.07, 6.45) is 3.32. The topological polar surface area (TPSA) is 91.4 Å². The zero-order valence-electron chi connectivity index (χ0n) is 19.5. The van der Waals surface area contributed by atoms with Crippen molar-refractivity contribution >= 4 is 28.4 Å². The van der Waals surface area contributed by atoms with Gasteiger partial charge in [0, 0.05) is 25.1 Å². The molecule has 0 N–H and O–H groups in total. The first-order chi connectivity index (χ1) is 17.1. The van der Waals surface area contributed by atoms with E-state index in [4.69, 9.17) is 4.74 Å². The Bertz CT molecular complexity index is 1440. The van der Waals surface area contributed by atoms with Gasteiger partial charge in [-0.05, 0) is 29.9 Å². The second-order valence-corrected chi connectivity index (χ2v) is 9.59. The van der Waals surface area contributed by atoms with Crippen LogP contribution in [0.5, 0.6) is 0 Å². The van der Waals surface area contributed by atoms with E-state index in [1.807, 2.05) is 47.8 Å². The molecule has 0 aliphatic carbocycles. The highest BCUT2D eigenvalue weighted by Crippen LogP contribution is 2.34. The number of rotatable bonds is 8. The van der Waals surface area contributed by atoms with E-state index in [0.29, 0.717) is 30.9 Å². The molecule has 1 fully saturated rings. The van der Waals surface area contributed by atoms with Gasteiger partial charge in [-0.25, -0.2) is 14.3 Å². The molecule has 1 aliphatic heterocycles. The van der Waals surface area contributed by atoms with Crippen molar-refractivity contribution in [2.24, 2.45) is 0 Å². The predicted octanol–water partition coefficient (Wildman–Crippen LogP) is 2.48. The molecule has 35 heavy (non-hydrogen) atoms. The van der Waals surface area contributed by atoms with Crippen LogP contribution in [0.25, 0.3) is 11.2 Å². The van der Waals surface area contributed by atoms with Crippen LogP contribution in [0.1, 0.15) is 29.3 Å². The Balaban J connectivity index is 1.57. The van der Waals surface area contributed by atoms with Gasteiger partial charge in [0.2, 0.25) is 5.91 Å². The number of carbonyl (C=O) groups excluding carboxylic acids is 1. The van der Waals surface area contributed by atoms with Crippen LogP contribution in [0.4, 0.5) is 0 Å². The van der Waals surface area contributed by atoms with Gasteiger partial charge in [0.1, 0.15) is 6.54 Å². The summed E-state index contributed by atoms with van der Waals surface area (Å²) in [4.78, 5) is 47.8. The highest BCUT2D eigenvalue weighted by molar-refractivity contribution is 7.10. The molecule has 5 rings (SSSR count). The molecule has 0 radical (unpaired) electrons. The molecular weight excluding hydrogens is 466 g/mol. The molecule has 1 aliphatic rings. The maximum Gasteiger partial charge on any atom is 0.333 e. The quantitative estimate of drug-likeness (QED) is 0.376. The monoisotopic (exact) mass is 493 g/mol. The van der Waals surface area contributed by atoms with Gasteiger partial charge in [-0.1, -0.05) is 36.4 Å². The van der Waals surface area contributed by atoms with Crippen LogP contribution in [0.2, 0.25) is 0 Å². The number of aromatic nitrogens is 4. The number of hydrogen-bond acceptors (Lipinski definition) is 6. The van der Waals surface area contributed by atoms with Gasteiger partial charge >= 0.3 is 5.69 Å². The number of ether oxygens (including phenoxy) is 1. The molecule has 4 aromatic rings. The average molecular weight is 494 g/mol. The first-order valence-corrected chi connectivity index (χ1v) is 12.5. The number of carbonyl (C=O) groups is 1. The molecule has 0 bridgehead atoms. The molecule has 182 valence electrons. The smallest absolute Gasteiger partial charge is 0.333 e. The number of imidazole rings is 1. The first kappa shape index (κ1) is 23.3. The second kappa shape index (κ2) is 10.0. The summed E-state index contributed by atoms with van der Waals surface area (Å²) in [5.74, 6) is -0.228. The van der Waals surface area contributed by atoms with Crippen LogP contribution in [-0.4, -0.2) is 49.8 Å². The molecule has 1 saturated heterocycles. The summed E-state index contributed by atoms with van der Waals surface area (Å²) in [5, 5.41) is 2.00. The Hall–Kier alpha value is -3.50. The number of nitrogens with zero attached hydrogens (tertiary/aromatic N) is 5. The summed E-state index contributed by atoms with van der Waals surface area (Å²) in [7, 11) is 1.58. The Morgan fingerprint density at radius 2 is 1.97 bits per heavy atom. The van der Waals surface area contributed by atoms with E-state index in [2.05, 4.69) is 4.98 Å². The summed E-state index contributed by atoms with van der Waals surface area (Å²) >= 11 is 1.62. The van der Waals surface area contributed by atoms with Gasteiger partial charge in [-0.15, -0.1) is 11.3 Å². The van der Waals surface area contributed by atoms with Gasteiger partial charge in [0.25, 0.3) is 5.56 Å². The lowest BCUT2D eigenvalue weighted by atomic mass is 10.2. The summed E-state index contributed by atoms with van der Waals surface area (Å²) in [6.45, 7) is 1.35. The molecule has 1 atom stereocenters. The van der Waals surface area contributed by atoms with E-state index in [9.17, 15) is 14.4 Å². The fourth-order valence-electron chi connectivity index (χ4n) is 4.71. The molecule has 1 amide bonds. The van der Waals surface area contributed by atoms with Crippen LogP contribution in [-0.2, 0) is 29.2 Å². The van der Waals surface area contributed by atoms with Gasteiger partial charge in [-0.3, -0.25) is 14.2 Å². The zero-order valence-corrected chi connectivity index (χ0v) is 20.3. The van der Waals surface area contributed by atoms with Gasteiger partial charge in [-0.2, -0.15) is 0 Å². The van der Waals surface area contributed by atoms with E-state index in [1.165, 1.54) is 4.57 Å². The molecule has 3 aromatic heterocycles. The number of fused-ring (bicyclic) bond motifs is 1. The Morgan fingerprint density at radius 1 is 1.14 bits per heavy atom. The minimum Gasteiger partial charge on any atom is -0.383 e. The third-order valence-corrected chi connectivity index (χ3v) is 7.42. The number of methoxy groups -OCH3 is 1. The lowest BCUT2D eigenvalue weighted by Gasteiger charge is -2.24. The van der Waals surface area contributed by atoms with Crippen LogP contribution < -0.4 is 11.2 Å². The van der Waals surface area contributed by atoms with E-state index in [1.54, 1.807) is 34.2 Å². The maximum absolute atomic E-state index is 13.6. The number of amides is 1. The largest absolute Gasteiger partial charge is 0.383 e. The van der Waals surface area contributed by atoms with Crippen molar-refractivity contribution in [3.63, 3.8) is 0 Å². The lowest BCUT2D eigenvalue weighted by Crippen LogP contribution is -2.45. The highest BCUT2D eigenvalue weighted by atomic mass is 32.1. The Kier molecular flexibility index (Phi) is 6.65. The summed E-state index contributed by atoms with van der Waals surface area (Å²) in [6, 6.07) is 13.5. The molecular formula is C25H27N5O4S. The Labute approximate surface area is 205 Å². The highest BCUT2D eigenvalue weighted by Gasteiger charge is 2.31. The third kappa shape index (κ3) is 4.46. The molecule has 4 heterocycles. The van der Waals surface area contributed by atoms with Crippen molar-refractivity contribution in [1.29, 1.82) is 0 Å². The number of likely N-dealkylation sites (tertiary alicyclic amines) is 1. The third-order valence-electron chi connectivity index (χ3n) is 6.44. The fourth-order valence-corrected chi connectivity index (χ4v) is 5.59. The Morgan fingerprint density at radius 3 is 2.71 bits per heavy atom. The SMILES string of the molecule is COCCn1cnc2c1c(=O)n(CC(=O)N1CCCC1c1cccs1)c(=O)n2Cc1ccccc1. The normalized spacial score (nSPS) is 15.8. The second-order valence-electron chi connectivity index (χ2n) is 8.61. The molecule has 1 aromatic carbocycles. The summed E-state index contributed by atoms with van der Waals surface area (Å²) < 4.78 is 9.40. The fraction of sp³-hybridized carbons (Fsp3) is 0.360. The van der Waals surface area contributed by atoms with E-state index >= 15 is 0 Å². The van der Waals surface area contributed by atoms with Crippen molar-refractivity contribution < 1.29 is 9.53 Å². The van der Waals surface area contributed by atoms with Crippen LogP contribution in [0.15, 0.2) is 63.8 Å². The predicted molar refractivity (Wildman–Crippen MR) is 134 cm³/mol. The number of hydrogen-bond donors (Lipinski definition) is 0. The zero-order chi connectivity index (χ0) is 24.4.